The van der Waals surface area contributed by atoms with E-state index in [9.17, 15) is 9.59 Å². The van der Waals surface area contributed by atoms with Gasteiger partial charge in [0.15, 0.2) is 0 Å². The number of rotatable bonds is 16. The molecule has 0 aromatic rings. The molecular weight excluding hydrogens is 302 g/mol. The maximum atomic E-state index is 11.3. The number of carbonyl (C=O) groups is 2. The number of ether oxygens (including phenoxy) is 2. The molecule has 0 saturated heterocycles. The number of carbonyl (C=O) groups excluding carboxylic acids is 2. The van der Waals surface area contributed by atoms with Crippen LogP contribution in [0.1, 0.15) is 0 Å². The first-order valence-corrected chi connectivity index (χ1v) is 7.84. The molecule has 0 aromatic heterocycles. The minimum atomic E-state index is -0.0387. The zero-order chi connectivity index (χ0) is 17.2. The minimum Gasteiger partial charge on any atom is -0.383 e. The lowest BCUT2D eigenvalue weighted by Crippen LogP contribution is -2.40. The highest BCUT2D eigenvalue weighted by molar-refractivity contribution is 5.78. The standard InChI is InChI=1S/C14H31N5O4/c1-22-9-7-18-13(20)11-16-5-3-15-4-6-17-12-14(21)19-8-10-23-2/h15-17H,3-12H2,1-2H3,(H,18,20)(H,19,21). The Kier molecular flexibility index (Phi) is 16.2. The molecule has 0 radical (unpaired) electrons. The van der Waals surface area contributed by atoms with Gasteiger partial charge in [-0.2, -0.15) is 0 Å². The van der Waals surface area contributed by atoms with Crippen LogP contribution in [0.5, 0.6) is 0 Å². The molecule has 0 unspecified atom stereocenters. The van der Waals surface area contributed by atoms with E-state index in [1.165, 1.54) is 0 Å². The summed E-state index contributed by atoms with van der Waals surface area (Å²) < 4.78 is 9.68. The normalized spacial score (nSPS) is 10.5. The van der Waals surface area contributed by atoms with E-state index in [4.69, 9.17) is 9.47 Å². The van der Waals surface area contributed by atoms with Crippen molar-refractivity contribution in [2.75, 3.05) is 79.8 Å². The predicted molar refractivity (Wildman–Crippen MR) is 88.4 cm³/mol. The van der Waals surface area contributed by atoms with Crippen molar-refractivity contribution in [3.8, 4) is 0 Å². The summed E-state index contributed by atoms with van der Waals surface area (Å²) in [6.45, 7) is 5.61. The smallest absolute Gasteiger partial charge is 0.234 e. The van der Waals surface area contributed by atoms with Crippen LogP contribution in [-0.2, 0) is 19.1 Å². The monoisotopic (exact) mass is 333 g/mol. The Bertz CT molecular complexity index is 277. The van der Waals surface area contributed by atoms with E-state index in [2.05, 4.69) is 26.6 Å². The summed E-state index contributed by atoms with van der Waals surface area (Å²) in [6.07, 6.45) is 0. The molecule has 9 heteroatoms. The molecule has 0 saturated carbocycles. The van der Waals surface area contributed by atoms with Crippen LogP contribution in [0.3, 0.4) is 0 Å². The van der Waals surface area contributed by atoms with Gasteiger partial charge in [0, 0.05) is 53.5 Å². The Morgan fingerprint density at radius 2 is 1.04 bits per heavy atom. The van der Waals surface area contributed by atoms with Crippen molar-refractivity contribution in [2.45, 2.75) is 0 Å². The van der Waals surface area contributed by atoms with E-state index in [0.717, 1.165) is 13.1 Å². The zero-order valence-electron chi connectivity index (χ0n) is 14.2. The first-order valence-electron chi connectivity index (χ1n) is 7.84. The highest BCUT2D eigenvalue weighted by Crippen LogP contribution is 1.69. The molecule has 0 aliphatic rings. The Morgan fingerprint density at radius 3 is 1.43 bits per heavy atom. The number of hydrogen-bond donors (Lipinski definition) is 5. The van der Waals surface area contributed by atoms with Crippen molar-refractivity contribution in [2.24, 2.45) is 0 Å². The highest BCUT2D eigenvalue weighted by Gasteiger charge is 2.00. The molecule has 136 valence electrons. The van der Waals surface area contributed by atoms with Crippen LogP contribution in [0.2, 0.25) is 0 Å². The van der Waals surface area contributed by atoms with Gasteiger partial charge in [-0.1, -0.05) is 0 Å². The Morgan fingerprint density at radius 1 is 0.652 bits per heavy atom. The second-order valence-corrected chi connectivity index (χ2v) is 4.79. The third kappa shape index (κ3) is 16.9. The van der Waals surface area contributed by atoms with E-state index in [-0.39, 0.29) is 11.8 Å². The molecule has 23 heavy (non-hydrogen) atoms. The zero-order valence-corrected chi connectivity index (χ0v) is 14.2. The Labute approximate surface area is 138 Å². The van der Waals surface area contributed by atoms with E-state index in [1.54, 1.807) is 14.2 Å². The van der Waals surface area contributed by atoms with Crippen molar-refractivity contribution in [1.82, 2.24) is 26.6 Å². The van der Waals surface area contributed by atoms with Crippen molar-refractivity contribution in [3.05, 3.63) is 0 Å². The number of hydrogen-bond acceptors (Lipinski definition) is 7. The van der Waals surface area contributed by atoms with E-state index < -0.39 is 0 Å². The molecule has 5 N–H and O–H groups in total. The molecule has 2 amide bonds. The fraction of sp³-hybridized carbons (Fsp3) is 0.857. The fourth-order valence-electron chi connectivity index (χ4n) is 1.59. The van der Waals surface area contributed by atoms with Crippen LogP contribution >= 0.6 is 0 Å². The highest BCUT2D eigenvalue weighted by atomic mass is 16.5. The van der Waals surface area contributed by atoms with Crippen LogP contribution in [0, 0.1) is 0 Å². The third-order valence-corrected chi connectivity index (χ3v) is 2.78. The second-order valence-electron chi connectivity index (χ2n) is 4.79. The van der Waals surface area contributed by atoms with Gasteiger partial charge in [-0.3, -0.25) is 9.59 Å². The SMILES string of the molecule is COCCNC(=O)CNCCNCCNCC(=O)NCCOC. The van der Waals surface area contributed by atoms with Gasteiger partial charge in [0.25, 0.3) is 0 Å². The molecule has 0 fully saturated rings. The molecular formula is C14H31N5O4. The fourth-order valence-corrected chi connectivity index (χ4v) is 1.59. The minimum absolute atomic E-state index is 0.0387. The van der Waals surface area contributed by atoms with Gasteiger partial charge in [0.1, 0.15) is 0 Å². The molecule has 0 bridgehead atoms. The summed E-state index contributed by atoms with van der Waals surface area (Å²) in [7, 11) is 3.19. The summed E-state index contributed by atoms with van der Waals surface area (Å²) in [4.78, 5) is 22.7. The van der Waals surface area contributed by atoms with Gasteiger partial charge in [-0.05, 0) is 0 Å². The maximum Gasteiger partial charge on any atom is 0.234 e. The average molecular weight is 333 g/mol. The average Bonchev–Trinajstić information content (AvgIpc) is 2.53. The molecule has 0 heterocycles. The van der Waals surface area contributed by atoms with Gasteiger partial charge in [0.05, 0.1) is 26.3 Å². The van der Waals surface area contributed by atoms with Gasteiger partial charge < -0.3 is 36.1 Å². The topological polar surface area (TPSA) is 113 Å². The van der Waals surface area contributed by atoms with E-state index >= 15 is 0 Å². The lowest BCUT2D eigenvalue weighted by Gasteiger charge is -2.08. The van der Waals surface area contributed by atoms with Crippen LogP contribution in [0.15, 0.2) is 0 Å². The molecule has 9 nitrogen and oxygen atoms in total. The van der Waals surface area contributed by atoms with Crippen molar-refractivity contribution in [3.63, 3.8) is 0 Å². The van der Waals surface area contributed by atoms with Gasteiger partial charge >= 0.3 is 0 Å². The van der Waals surface area contributed by atoms with E-state index in [1.807, 2.05) is 0 Å². The van der Waals surface area contributed by atoms with Crippen molar-refractivity contribution < 1.29 is 19.1 Å². The van der Waals surface area contributed by atoms with Crippen LogP contribution in [-0.4, -0.2) is 91.6 Å². The maximum absolute atomic E-state index is 11.3. The predicted octanol–water partition coefficient (Wildman–Crippen LogP) is -2.72. The third-order valence-electron chi connectivity index (χ3n) is 2.78. The summed E-state index contributed by atoms with van der Waals surface area (Å²) in [5.74, 6) is -0.0774. The molecule has 0 rings (SSSR count). The van der Waals surface area contributed by atoms with Crippen molar-refractivity contribution >= 4 is 11.8 Å². The molecule has 0 spiro atoms. The summed E-state index contributed by atoms with van der Waals surface area (Å²) in [6, 6.07) is 0. The van der Waals surface area contributed by atoms with Crippen molar-refractivity contribution in [1.29, 1.82) is 0 Å². The number of methoxy groups -OCH3 is 2. The lowest BCUT2D eigenvalue weighted by atomic mass is 10.5. The summed E-state index contributed by atoms with van der Waals surface area (Å²) in [5, 5.41) is 14.7. The van der Waals surface area contributed by atoms with Gasteiger partial charge in [-0.25, -0.2) is 0 Å². The Hall–Kier alpha value is -1.26. The molecule has 0 aliphatic carbocycles. The van der Waals surface area contributed by atoms with Crippen LogP contribution in [0.4, 0.5) is 0 Å². The van der Waals surface area contributed by atoms with Gasteiger partial charge in [-0.15, -0.1) is 0 Å². The quantitative estimate of drug-likeness (QED) is 0.195. The lowest BCUT2D eigenvalue weighted by molar-refractivity contribution is -0.121. The summed E-state index contributed by atoms with van der Waals surface area (Å²) >= 11 is 0. The molecule has 0 aromatic carbocycles. The van der Waals surface area contributed by atoms with Gasteiger partial charge in [0.2, 0.25) is 11.8 Å². The van der Waals surface area contributed by atoms with E-state index in [0.29, 0.717) is 52.5 Å². The summed E-state index contributed by atoms with van der Waals surface area (Å²) in [5.41, 5.74) is 0. The molecule has 0 aliphatic heterocycles. The molecule has 0 atom stereocenters. The number of nitrogens with one attached hydrogen (secondary N) is 5. The van der Waals surface area contributed by atoms with Crippen LogP contribution in [0.25, 0.3) is 0 Å². The Balaban J connectivity index is 3.21. The largest absolute Gasteiger partial charge is 0.383 e. The second kappa shape index (κ2) is 17.1. The number of amides is 2. The first-order chi connectivity index (χ1) is 11.2. The van der Waals surface area contributed by atoms with Crippen LogP contribution < -0.4 is 26.6 Å². The first kappa shape index (κ1) is 21.7.